The van der Waals surface area contributed by atoms with Crippen LogP contribution in [0, 0.1) is 5.92 Å². The fourth-order valence-corrected chi connectivity index (χ4v) is 3.26. The lowest BCUT2D eigenvalue weighted by Crippen LogP contribution is -2.26. The minimum atomic E-state index is 0.585. The maximum Gasteiger partial charge on any atom is 0.0346 e. The molecule has 1 aromatic heterocycles. The molecule has 1 N–H and O–H groups in total. The van der Waals surface area contributed by atoms with Gasteiger partial charge in [0.1, 0.15) is 0 Å². The van der Waals surface area contributed by atoms with Crippen molar-refractivity contribution < 1.29 is 0 Å². The summed E-state index contributed by atoms with van der Waals surface area (Å²) in [6.45, 7) is 7.80. The molecule has 1 atom stereocenters. The van der Waals surface area contributed by atoms with Gasteiger partial charge in [0.15, 0.2) is 0 Å². The first-order valence-electron chi connectivity index (χ1n) is 7.02. The molecule has 0 bridgehead atoms. The molecule has 0 aliphatic rings. The summed E-state index contributed by atoms with van der Waals surface area (Å²) in [5.41, 5.74) is 1.31. The average Bonchev–Trinajstić information content (AvgIpc) is 2.85. The van der Waals surface area contributed by atoms with Crippen molar-refractivity contribution in [1.82, 2.24) is 5.32 Å². The summed E-state index contributed by atoms with van der Waals surface area (Å²) in [5, 5.41) is 3.61. The van der Waals surface area contributed by atoms with Crippen LogP contribution in [0.3, 0.4) is 0 Å². The molecule has 1 heterocycles. The van der Waals surface area contributed by atoms with Gasteiger partial charge in [0.2, 0.25) is 0 Å². The quantitative estimate of drug-likeness (QED) is 0.786. The van der Waals surface area contributed by atoms with E-state index in [1.165, 1.54) is 21.7 Å². The molecule has 0 fully saturated rings. The van der Waals surface area contributed by atoms with Crippen molar-refractivity contribution in [2.45, 2.75) is 39.8 Å². The van der Waals surface area contributed by atoms with Crippen molar-refractivity contribution in [3.05, 3.63) is 47.3 Å². The standard InChI is InChI=1S/C17H23NS/c1-13(2)11-14(3)18-12-16-9-10-17(19-16)15-7-5-4-6-8-15/h4-10,13-14,18H,11-12H2,1-3H3. The average molecular weight is 273 g/mol. The first-order valence-corrected chi connectivity index (χ1v) is 7.84. The van der Waals surface area contributed by atoms with Crippen molar-refractivity contribution in [3.8, 4) is 10.4 Å². The van der Waals surface area contributed by atoms with Gasteiger partial charge < -0.3 is 5.32 Å². The van der Waals surface area contributed by atoms with Crippen molar-refractivity contribution in [2.24, 2.45) is 5.92 Å². The van der Waals surface area contributed by atoms with Crippen LogP contribution in [0.15, 0.2) is 42.5 Å². The van der Waals surface area contributed by atoms with Crippen LogP contribution in [-0.4, -0.2) is 6.04 Å². The molecule has 1 aromatic carbocycles. The van der Waals surface area contributed by atoms with Crippen molar-refractivity contribution in [3.63, 3.8) is 0 Å². The van der Waals surface area contributed by atoms with Gasteiger partial charge in [-0.05, 0) is 37.0 Å². The van der Waals surface area contributed by atoms with E-state index < -0.39 is 0 Å². The fourth-order valence-electron chi connectivity index (χ4n) is 2.30. The highest BCUT2D eigenvalue weighted by atomic mass is 32.1. The van der Waals surface area contributed by atoms with E-state index in [2.05, 4.69) is 68.6 Å². The van der Waals surface area contributed by atoms with Crippen molar-refractivity contribution >= 4 is 11.3 Å². The van der Waals surface area contributed by atoms with E-state index in [0.29, 0.717) is 6.04 Å². The van der Waals surface area contributed by atoms with E-state index >= 15 is 0 Å². The topological polar surface area (TPSA) is 12.0 Å². The second-order valence-electron chi connectivity index (χ2n) is 5.54. The monoisotopic (exact) mass is 273 g/mol. The van der Waals surface area contributed by atoms with Gasteiger partial charge in [0, 0.05) is 22.3 Å². The Labute approximate surface area is 120 Å². The van der Waals surface area contributed by atoms with Crippen LogP contribution in [0.1, 0.15) is 32.1 Å². The van der Waals surface area contributed by atoms with Gasteiger partial charge in [-0.1, -0.05) is 44.2 Å². The van der Waals surface area contributed by atoms with Crippen LogP contribution in [0.2, 0.25) is 0 Å². The Morgan fingerprint density at radius 3 is 2.42 bits per heavy atom. The van der Waals surface area contributed by atoms with Gasteiger partial charge in [-0.2, -0.15) is 0 Å². The Morgan fingerprint density at radius 1 is 1.00 bits per heavy atom. The Morgan fingerprint density at radius 2 is 1.74 bits per heavy atom. The highest BCUT2D eigenvalue weighted by molar-refractivity contribution is 7.15. The summed E-state index contributed by atoms with van der Waals surface area (Å²) in [4.78, 5) is 2.77. The van der Waals surface area contributed by atoms with Gasteiger partial charge in [0.05, 0.1) is 0 Å². The molecule has 0 amide bonds. The number of hydrogen-bond donors (Lipinski definition) is 1. The summed E-state index contributed by atoms with van der Waals surface area (Å²) in [6, 6.07) is 15.6. The van der Waals surface area contributed by atoms with E-state index in [-0.39, 0.29) is 0 Å². The van der Waals surface area contributed by atoms with Crippen LogP contribution in [0.5, 0.6) is 0 Å². The summed E-state index contributed by atoms with van der Waals surface area (Å²) >= 11 is 1.88. The Hall–Kier alpha value is -1.12. The zero-order valence-electron chi connectivity index (χ0n) is 12.0. The smallest absolute Gasteiger partial charge is 0.0346 e. The lowest BCUT2D eigenvalue weighted by atomic mass is 10.1. The number of rotatable bonds is 6. The Balaban J connectivity index is 1.91. The van der Waals surface area contributed by atoms with Crippen molar-refractivity contribution in [1.29, 1.82) is 0 Å². The molecular formula is C17H23NS. The lowest BCUT2D eigenvalue weighted by Gasteiger charge is -2.15. The first-order chi connectivity index (χ1) is 9.15. The van der Waals surface area contributed by atoms with E-state index in [4.69, 9.17) is 0 Å². The molecule has 0 aliphatic carbocycles. The van der Waals surface area contributed by atoms with E-state index in [9.17, 15) is 0 Å². The summed E-state index contributed by atoms with van der Waals surface area (Å²) in [6.07, 6.45) is 1.23. The molecule has 2 aromatic rings. The molecule has 0 aliphatic heterocycles. The first kappa shape index (κ1) is 14.3. The molecule has 2 heteroatoms. The Bertz CT molecular complexity index is 487. The van der Waals surface area contributed by atoms with E-state index in [1.54, 1.807) is 0 Å². The minimum absolute atomic E-state index is 0.585. The van der Waals surface area contributed by atoms with Gasteiger partial charge >= 0.3 is 0 Å². The second kappa shape index (κ2) is 6.88. The third-order valence-electron chi connectivity index (χ3n) is 3.17. The molecular weight excluding hydrogens is 250 g/mol. The molecule has 1 nitrogen and oxygen atoms in total. The molecule has 1 unspecified atom stereocenters. The molecule has 0 saturated carbocycles. The molecule has 19 heavy (non-hydrogen) atoms. The predicted molar refractivity (Wildman–Crippen MR) is 85.5 cm³/mol. The van der Waals surface area contributed by atoms with Gasteiger partial charge in [-0.25, -0.2) is 0 Å². The largest absolute Gasteiger partial charge is 0.309 e. The summed E-state index contributed by atoms with van der Waals surface area (Å²) < 4.78 is 0. The maximum atomic E-state index is 3.61. The fraction of sp³-hybridized carbons (Fsp3) is 0.412. The molecule has 0 spiro atoms. The zero-order chi connectivity index (χ0) is 13.7. The van der Waals surface area contributed by atoms with Crippen LogP contribution in [0.25, 0.3) is 10.4 Å². The number of benzene rings is 1. The summed E-state index contributed by atoms with van der Waals surface area (Å²) in [7, 11) is 0. The normalized spacial score (nSPS) is 12.8. The lowest BCUT2D eigenvalue weighted by molar-refractivity contribution is 0.443. The van der Waals surface area contributed by atoms with Crippen LogP contribution in [0.4, 0.5) is 0 Å². The minimum Gasteiger partial charge on any atom is -0.309 e. The third kappa shape index (κ3) is 4.48. The Kier molecular flexibility index (Phi) is 5.17. The number of hydrogen-bond acceptors (Lipinski definition) is 2. The number of nitrogens with one attached hydrogen (secondary N) is 1. The van der Waals surface area contributed by atoms with Crippen LogP contribution in [-0.2, 0) is 6.54 Å². The second-order valence-corrected chi connectivity index (χ2v) is 6.71. The highest BCUT2D eigenvalue weighted by Crippen LogP contribution is 2.27. The molecule has 0 saturated heterocycles. The van der Waals surface area contributed by atoms with Crippen LogP contribution < -0.4 is 5.32 Å². The molecule has 2 rings (SSSR count). The maximum absolute atomic E-state index is 3.61. The van der Waals surface area contributed by atoms with E-state index in [0.717, 1.165) is 12.5 Å². The van der Waals surface area contributed by atoms with Gasteiger partial charge in [0.25, 0.3) is 0 Å². The third-order valence-corrected chi connectivity index (χ3v) is 4.30. The molecule has 102 valence electrons. The zero-order valence-corrected chi connectivity index (χ0v) is 12.8. The van der Waals surface area contributed by atoms with Crippen molar-refractivity contribution in [2.75, 3.05) is 0 Å². The van der Waals surface area contributed by atoms with Gasteiger partial charge in [-0.3, -0.25) is 0 Å². The predicted octanol–water partition coefficient (Wildman–Crippen LogP) is 4.94. The van der Waals surface area contributed by atoms with E-state index in [1.807, 2.05) is 11.3 Å². The molecule has 0 radical (unpaired) electrons. The summed E-state index contributed by atoms with van der Waals surface area (Å²) in [5.74, 6) is 0.755. The highest BCUT2D eigenvalue weighted by Gasteiger charge is 2.06. The van der Waals surface area contributed by atoms with Crippen LogP contribution >= 0.6 is 11.3 Å². The number of thiophene rings is 1. The van der Waals surface area contributed by atoms with Gasteiger partial charge in [-0.15, -0.1) is 11.3 Å². The SMILES string of the molecule is CC(C)CC(C)NCc1ccc(-c2ccccc2)s1.